The van der Waals surface area contributed by atoms with Crippen molar-refractivity contribution >= 4 is 23.3 Å². The Balaban J connectivity index is 1.88. The molecule has 2 aliphatic rings. The van der Waals surface area contributed by atoms with E-state index in [9.17, 15) is 14.4 Å². The fraction of sp³-hybridized carbons (Fsp3) is 0.312. The Morgan fingerprint density at radius 3 is 2.76 bits per heavy atom. The second-order valence-electron chi connectivity index (χ2n) is 5.55. The minimum absolute atomic E-state index is 0.150. The Labute approximate surface area is 122 Å². The lowest BCUT2D eigenvalue weighted by atomic mass is 10.0. The number of imide groups is 1. The fourth-order valence-electron chi connectivity index (χ4n) is 2.82. The number of amides is 3. The second-order valence-corrected chi connectivity index (χ2v) is 5.55. The molecule has 0 aliphatic carbocycles. The Bertz CT molecular complexity index is 678. The zero-order valence-corrected chi connectivity index (χ0v) is 11.8. The van der Waals surface area contributed by atoms with Gasteiger partial charge in [0.1, 0.15) is 6.04 Å². The van der Waals surface area contributed by atoms with Gasteiger partial charge in [0.25, 0.3) is 5.91 Å². The minimum atomic E-state index is -0.559. The van der Waals surface area contributed by atoms with Crippen molar-refractivity contribution < 1.29 is 14.4 Å². The highest BCUT2D eigenvalue weighted by Crippen LogP contribution is 2.29. The van der Waals surface area contributed by atoms with Crippen molar-refractivity contribution in [2.75, 3.05) is 0 Å². The second kappa shape index (κ2) is 4.84. The fourth-order valence-corrected chi connectivity index (χ4v) is 2.82. The Morgan fingerprint density at radius 1 is 1.33 bits per heavy atom. The van der Waals surface area contributed by atoms with E-state index in [1.807, 2.05) is 25.1 Å². The molecule has 1 atom stereocenters. The quantitative estimate of drug-likeness (QED) is 0.837. The SMILES string of the molecule is C=C(C)c1ccc2c(c1)C(=O)N(C1CCC(=O)NC1=O)C2. The molecule has 21 heavy (non-hydrogen) atoms. The molecule has 3 rings (SSSR count). The number of hydrogen-bond donors (Lipinski definition) is 1. The van der Waals surface area contributed by atoms with E-state index in [4.69, 9.17) is 0 Å². The van der Waals surface area contributed by atoms with Gasteiger partial charge in [-0.05, 0) is 30.5 Å². The molecular formula is C16H16N2O3. The molecule has 5 nitrogen and oxygen atoms in total. The predicted molar refractivity (Wildman–Crippen MR) is 77.2 cm³/mol. The van der Waals surface area contributed by atoms with Crippen LogP contribution in [0.1, 0.15) is 41.3 Å². The van der Waals surface area contributed by atoms with Gasteiger partial charge in [0.05, 0.1) is 0 Å². The highest BCUT2D eigenvalue weighted by molar-refractivity contribution is 6.05. The van der Waals surface area contributed by atoms with Gasteiger partial charge in [0.15, 0.2) is 0 Å². The normalized spacial score (nSPS) is 21.3. The van der Waals surface area contributed by atoms with E-state index in [1.165, 1.54) is 0 Å². The average molecular weight is 284 g/mol. The van der Waals surface area contributed by atoms with Crippen LogP contribution in [0.3, 0.4) is 0 Å². The van der Waals surface area contributed by atoms with Crippen LogP contribution in [0.5, 0.6) is 0 Å². The number of rotatable bonds is 2. The molecule has 1 unspecified atom stereocenters. The zero-order chi connectivity index (χ0) is 15.1. The largest absolute Gasteiger partial charge is 0.322 e. The number of nitrogens with one attached hydrogen (secondary N) is 1. The summed E-state index contributed by atoms with van der Waals surface area (Å²) in [6, 6.07) is 5.10. The van der Waals surface area contributed by atoms with Crippen molar-refractivity contribution in [1.82, 2.24) is 10.2 Å². The van der Waals surface area contributed by atoms with Gasteiger partial charge < -0.3 is 4.90 Å². The number of piperidine rings is 1. The van der Waals surface area contributed by atoms with Crippen LogP contribution >= 0.6 is 0 Å². The zero-order valence-electron chi connectivity index (χ0n) is 11.8. The number of hydrogen-bond acceptors (Lipinski definition) is 3. The molecule has 1 saturated heterocycles. The van der Waals surface area contributed by atoms with Crippen LogP contribution in [0.25, 0.3) is 5.57 Å². The van der Waals surface area contributed by atoms with E-state index < -0.39 is 6.04 Å². The highest BCUT2D eigenvalue weighted by atomic mass is 16.2. The summed E-state index contributed by atoms with van der Waals surface area (Å²) in [6.07, 6.45) is 0.658. The number of fused-ring (bicyclic) bond motifs is 1. The van der Waals surface area contributed by atoms with Crippen LogP contribution in [0.4, 0.5) is 0 Å². The van der Waals surface area contributed by atoms with Crippen molar-refractivity contribution in [2.24, 2.45) is 0 Å². The monoisotopic (exact) mass is 284 g/mol. The molecule has 108 valence electrons. The van der Waals surface area contributed by atoms with Crippen molar-refractivity contribution in [3.8, 4) is 0 Å². The Kier molecular flexibility index (Phi) is 3.12. The van der Waals surface area contributed by atoms with E-state index in [1.54, 1.807) is 4.90 Å². The first-order chi connectivity index (χ1) is 9.97. The lowest BCUT2D eigenvalue weighted by molar-refractivity contribution is -0.136. The van der Waals surface area contributed by atoms with Crippen LogP contribution in [0, 0.1) is 0 Å². The Hall–Kier alpha value is -2.43. The maximum atomic E-state index is 12.5. The van der Waals surface area contributed by atoms with Crippen LogP contribution in [-0.2, 0) is 16.1 Å². The van der Waals surface area contributed by atoms with E-state index in [-0.39, 0.29) is 24.1 Å². The van der Waals surface area contributed by atoms with Gasteiger partial charge in [-0.2, -0.15) is 0 Å². The number of carbonyl (C=O) groups is 3. The number of nitrogens with zero attached hydrogens (tertiary/aromatic N) is 1. The number of carbonyl (C=O) groups excluding carboxylic acids is 3. The highest BCUT2D eigenvalue weighted by Gasteiger charge is 2.38. The molecule has 1 N–H and O–H groups in total. The van der Waals surface area contributed by atoms with Crippen LogP contribution in [0.15, 0.2) is 24.8 Å². The van der Waals surface area contributed by atoms with E-state index in [2.05, 4.69) is 11.9 Å². The molecule has 1 aromatic carbocycles. The molecule has 0 aromatic heterocycles. The lowest BCUT2D eigenvalue weighted by Crippen LogP contribution is -2.52. The van der Waals surface area contributed by atoms with E-state index in [0.29, 0.717) is 18.5 Å². The first-order valence-electron chi connectivity index (χ1n) is 6.91. The lowest BCUT2D eigenvalue weighted by Gasteiger charge is -2.29. The molecule has 0 saturated carbocycles. The smallest absolute Gasteiger partial charge is 0.255 e. The predicted octanol–water partition coefficient (Wildman–Crippen LogP) is 1.48. The third-order valence-electron chi connectivity index (χ3n) is 4.02. The summed E-state index contributed by atoms with van der Waals surface area (Å²) in [5, 5.41) is 2.30. The molecule has 1 aromatic rings. The van der Waals surface area contributed by atoms with Crippen LogP contribution in [-0.4, -0.2) is 28.7 Å². The standard InChI is InChI=1S/C16H16N2O3/c1-9(2)10-3-4-11-8-18(16(21)12(11)7-10)13-5-6-14(19)17-15(13)20/h3-4,7,13H,1,5-6,8H2,2H3,(H,17,19,20). The van der Waals surface area contributed by atoms with Gasteiger partial charge in [-0.1, -0.05) is 24.3 Å². The van der Waals surface area contributed by atoms with Crippen molar-refractivity contribution in [2.45, 2.75) is 32.4 Å². The summed E-state index contributed by atoms with van der Waals surface area (Å²) in [5.41, 5.74) is 3.35. The first kappa shape index (κ1) is 13.5. The van der Waals surface area contributed by atoms with Gasteiger partial charge in [-0.25, -0.2) is 0 Å². The van der Waals surface area contributed by atoms with E-state index >= 15 is 0 Å². The summed E-state index contributed by atoms with van der Waals surface area (Å²) < 4.78 is 0. The molecule has 5 heteroatoms. The summed E-state index contributed by atoms with van der Waals surface area (Å²) >= 11 is 0. The van der Waals surface area contributed by atoms with Gasteiger partial charge in [-0.3, -0.25) is 19.7 Å². The Morgan fingerprint density at radius 2 is 2.10 bits per heavy atom. The molecular weight excluding hydrogens is 268 g/mol. The average Bonchev–Trinajstić information content (AvgIpc) is 2.75. The topological polar surface area (TPSA) is 66.5 Å². The molecule has 3 amide bonds. The van der Waals surface area contributed by atoms with Gasteiger partial charge in [-0.15, -0.1) is 0 Å². The third-order valence-corrected chi connectivity index (χ3v) is 4.02. The van der Waals surface area contributed by atoms with Crippen molar-refractivity contribution in [3.05, 3.63) is 41.5 Å². The molecule has 2 heterocycles. The van der Waals surface area contributed by atoms with Crippen LogP contribution < -0.4 is 5.32 Å². The first-order valence-corrected chi connectivity index (χ1v) is 6.91. The molecule has 1 fully saturated rings. The maximum Gasteiger partial charge on any atom is 0.255 e. The van der Waals surface area contributed by atoms with Gasteiger partial charge in [0, 0.05) is 18.5 Å². The summed E-state index contributed by atoms with van der Waals surface area (Å²) in [7, 11) is 0. The van der Waals surface area contributed by atoms with Crippen LogP contribution in [0.2, 0.25) is 0 Å². The summed E-state index contributed by atoms with van der Waals surface area (Å²) in [5.74, 6) is -0.805. The maximum absolute atomic E-state index is 12.5. The molecule has 0 bridgehead atoms. The molecule has 0 radical (unpaired) electrons. The summed E-state index contributed by atoms with van der Waals surface area (Å²) in [6.45, 7) is 6.18. The molecule has 2 aliphatic heterocycles. The third kappa shape index (κ3) is 2.24. The van der Waals surface area contributed by atoms with Gasteiger partial charge in [0.2, 0.25) is 11.8 Å². The summed E-state index contributed by atoms with van der Waals surface area (Å²) in [4.78, 5) is 37.2. The van der Waals surface area contributed by atoms with Crippen molar-refractivity contribution in [1.29, 1.82) is 0 Å². The minimum Gasteiger partial charge on any atom is -0.322 e. The van der Waals surface area contributed by atoms with Crippen molar-refractivity contribution in [3.63, 3.8) is 0 Å². The van der Waals surface area contributed by atoms with Gasteiger partial charge >= 0.3 is 0 Å². The van der Waals surface area contributed by atoms with E-state index in [0.717, 1.165) is 16.7 Å². The number of benzene rings is 1. The molecule has 0 spiro atoms. The number of allylic oxidation sites excluding steroid dienone is 1.